The Kier molecular flexibility index (Phi) is 3.20. The SMILES string of the molecule is CC(Cc1ccco1)C(=O)c1ccccc1. The summed E-state index contributed by atoms with van der Waals surface area (Å²) in [4.78, 5) is 12.0. The normalized spacial score (nSPS) is 12.3. The van der Waals surface area contributed by atoms with Crippen molar-refractivity contribution >= 4 is 5.78 Å². The highest BCUT2D eigenvalue weighted by molar-refractivity contribution is 5.97. The average Bonchev–Trinajstić information content (AvgIpc) is 2.82. The van der Waals surface area contributed by atoms with Crippen LogP contribution in [0.4, 0.5) is 0 Å². The zero-order valence-corrected chi connectivity index (χ0v) is 9.22. The van der Waals surface area contributed by atoms with Crippen molar-refractivity contribution in [3.05, 3.63) is 60.1 Å². The van der Waals surface area contributed by atoms with Gasteiger partial charge >= 0.3 is 0 Å². The van der Waals surface area contributed by atoms with Crippen molar-refractivity contribution in [1.29, 1.82) is 0 Å². The number of hydrogen-bond acceptors (Lipinski definition) is 2. The number of carbonyl (C=O) groups excluding carboxylic acids is 1. The summed E-state index contributed by atoms with van der Waals surface area (Å²) in [7, 11) is 0. The molecule has 82 valence electrons. The molecule has 0 radical (unpaired) electrons. The molecule has 2 nitrogen and oxygen atoms in total. The van der Waals surface area contributed by atoms with Gasteiger partial charge in [-0.05, 0) is 12.1 Å². The van der Waals surface area contributed by atoms with Gasteiger partial charge in [-0.2, -0.15) is 0 Å². The molecule has 2 aromatic rings. The molecule has 0 aliphatic carbocycles. The summed E-state index contributed by atoms with van der Waals surface area (Å²) in [5, 5.41) is 0. The Balaban J connectivity index is 2.05. The van der Waals surface area contributed by atoms with E-state index in [0.717, 1.165) is 11.3 Å². The second-order valence-corrected chi connectivity index (χ2v) is 3.91. The number of furan rings is 1. The van der Waals surface area contributed by atoms with Gasteiger partial charge in [-0.1, -0.05) is 37.3 Å². The number of ketones is 1. The molecule has 0 fully saturated rings. The topological polar surface area (TPSA) is 30.2 Å². The smallest absolute Gasteiger partial charge is 0.166 e. The zero-order chi connectivity index (χ0) is 11.4. The molecule has 0 amide bonds. The molecular weight excluding hydrogens is 200 g/mol. The molecule has 0 N–H and O–H groups in total. The quantitative estimate of drug-likeness (QED) is 0.731. The number of carbonyl (C=O) groups is 1. The van der Waals surface area contributed by atoms with Crippen LogP contribution in [-0.4, -0.2) is 5.78 Å². The van der Waals surface area contributed by atoms with Crippen LogP contribution in [0, 0.1) is 5.92 Å². The van der Waals surface area contributed by atoms with E-state index in [4.69, 9.17) is 4.42 Å². The zero-order valence-electron chi connectivity index (χ0n) is 9.22. The molecule has 2 heteroatoms. The summed E-state index contributed by atoms with van der Waals surface area (Å²) in [6.45, 7) is 1.93. The lowest BCUT2D eigenvalue weighted by Gasteiger charge is -2.08. The molecule has 0 aliphatic rings. The molecule has 1 aromatic carbocycles. The highest BCUT2D eigenvalue weighted by atomic mass is 16.3. The summed E-state index contributed by atoms with van der Waals surface area (Å²) in [6, 6.07) is 13.1. The molecule has 1 heterocycles. The van der Waals surface area contributed by atoms with Gasteiger partial charge in [-0.3, -0.25) is 4.79 Å². The fourth-order valence-electron chi connectivity index (χ4n) is 1.71. The van der Waals surface area contributed by atoms with Gasteiger partial charge in [-0.25, -0.2) is 0 Å². The number of rotatable bonds is 4. The second kappa shape index (κ2) is 4.79. The molecule has 1 atom stereocenters. The fourth-order valence-corrected chi connectivity index (χ4v) is 1.71. The number of hydrogen-bond donors (Lipinski definition) is 0. The lowest BCUT2D eigenvalue weighted by Crippen LogP contribution is -2.13. The van der Waals surface area contributed by atoms with E-state index in [1.54, 1.807) is 6.26 Å². The van der Waals surface area contributed by atoms with Crippen molar-refractivity contribution in [2.75, 3.05) is 0 Å². The molecule has 0 bridgehead atoms. The van der Waals surface area contributed by atoms with E-state index in [0.29, 0.717) is 6.42 Å². The molecule has 0 aliphatic heterocycles. The van der Waals surface area contributed by atoms with E-state index >= 15 is 0 Å². The van der Waals surface area contributed by atoms with Crippen LogP contribution in [0.15, 0.2) is 53.1 Å². The average molecular weight is 214 g/mol. The maximum atomic E-state index is 12.0. The Morgan fingerprint density at radius 3 is 2.56 bits per heavy atom. The molecule has 0 saturated carbocycles. The predicted molar refractivity (Wildman–Crippen MR) is 62.3 cm³/mol. The number of benzene rings is 1. The predicted octanol–water partition coefficient (Wildman–Crippen LogP) is 3.34. The lowest BCUT2D eigenvalue weighted by atomic mass is 9.95. The minimum atomic E-state index is -0.0476. The van der Waals surface area contributed by atoms with Gasteiger partial charge in [0, 0.05) is 17.9 Å². The molecule has 1 aromatic heterocycles. The minimum absolute atomic E-state index is 0.0476. The van der Waals surface area contributed by atoms with Crippen molar-refractivity contribution in [3.63, 3.8) is 0 Å². The van der Waals surface area contributed by atoms with Crippen LogP contribution in [0.5, 0.6) is 0 Å². The van der Waals surface area contributed by atoms with Crippen LogP contribution in [0.3, 0.4) is 0 Å². The first kappa shape index (κ1) is 10.7. The first-order chi connectivity index (χ1) is 7.77. The molecular formula is C14H14O2. The summed E-state index contributed by atoms with van der Waals surface area (Å²) < 4.78 is 5.24. The summed E-state index contributed by atoms with van der Waals surface area (Å²) in [6.07, 6.45) is 2.29. The first-order valence-corrected chi connectivity index (χ1v) is 5.39. The van der Waals surface area contributed by atoms with Crippen molar-refractivity contribution in [2.24, 2.45) is 5.92 Å². The monoisotopic (exact) mass is 214 g/mol. The summed E-state index contributed by atoms with van der Waals surface area (Å²) in [5.41, 5.74) is 0.765. The third-order valence-corrected chi connectivity index (χ3v) is 2.59. The highest BCUT2D eigenvalue weighted by Crippen LogP contribution is 2.14. The van der Waals surface area contributed by atoms with E-state index in [2.05, 4.69) is 0 Å². The Morgan fingerprint density at radius 2 is 1.94 bits per heavy atom. The van der Waals surface area contributed by atoms with Gasteiger partial charge < -0.3 is 4.42 Å². The van der Waals surface area contributed by atoms with Gasteiger partial charge in [0.15, 0.2) is 5.78 Å². The van der Waals surface area contributed by atoms with Crippen LogP contribution in [0.1, 0.15) is 23.0 Å². The molecule has 0 spiro atoms. The lowest BCUT2D eigenvalue weighted by molar-refractivity contribution is 0.0926. The Hall–Kier alpha value is -1.83. The van der Waals surface area contributed by atoms with E-state index < -0.39 is 0 Å². The van der Waals surface area contributed by atoms with Gasteiger partial charge in [0.25, 0.3) is 0 Å². The van der Waals surface area contributed by atoms with Crippen LogP contribution in [0.2, 0.25) is 0 Å². The van der Waals surface area contributed by atoms with Crippen LogP contribution < -0.4 is 0 Å². The Morgan fingerprint density at radius 1 is 1.19 bits per heavy atom. The van der Waals surface area contributed by atoms with Crippen molar-refractivity contribution in [1.82, 2.24) is 0 Å². The largest absolute Gasteiger partial charge is 0.469 e. The molecule has 1 unspecified atom stereocenters. The molecule has 16 heavy (non-hydrogen) atoms. The van der Waals surface area contributed by atoms with Crippen molar-refractivity contribution < 1.29 is 9.21 Å². The van der Waals surface area contributed by atoms with Crippen molar-refractivity contribution in [3.8, 4) is 0 Å². The van der Waals surface area contributed by atoms with E-state index in [9.17, 15) is 4.79 Å². The van der Waals surface area contributed by atoms with Gasteiger partial charge in [0.2, 0.25) is 0 Å². The highest BCUT2D eigenvalue weighted by Gasteiger charge is 2.16. The van der Waals surface area contributed by atoms with E-state index in [-0.39, 0.29) is 11.7 Å². The second-order valence-electron chi connectivity index (χ2n) is 3.91. The Labute approximate surface area is 94.9 Å². The van der Waals surface area contributed by atoms with E-state index in [1.807, 2.05) is 49.4 Å². The van der Waals surface area contributed by atoms with Gasteiger partial charge in [0.1, 0.15) is 5.76 Å². The van der Waals surface area contributed by atoms with Gasteiger partial charge in [-0.15, -0.1) is 0 Å². The van der Waals surface area contributed by atoms with Crippen molar-refractivity contribution in [2.45, 2.75) is 13.3 Å². The minimum Gasteiger partial charge on any atom is -0.469 e. The molecule has 0 saturated heterocycles. The summed E-state index contributed by atoms with van der Waals surface area (Å²) in [5.74, 6) is 0.974. The maximum Gasteiger partial charge on any atom is 0.166 e. The van der Waals surface area contributed by atoms with Crippen LogP contribution >= 0.6 is 0 Å². The third kappa shape index (κ3) is 2.40. The van der Waals surface area contributed by atoms with Crippen LogP contribution in [0.25, 0.3) is 0 Å². The Bertz CT molecular complexity index is 443. The van der Waals surface area contributed by atoms with Crippen LogP contribution in [-0.2, 0) is 6.42 Å². The third-order valence-electron chi connectivity index (χ3n) is 2.59. The van der Waals surface area contributed by atoms with E-state index in [1.165, 1.54) is 0 Å². The fraction of sp³-hybridized carbons (Fsp3) is 0.214. The maximum absolute atomic E-state index is 12.0. The molecule has 2 rings (SSSR count). The first-order valence-electron chi connectivity index (χ1n) is 5.39. The number of Topliss-reactive ketones (excluding diaryl/α,β-unsaturated/α-hetero) is 1. The standard InChI is InChI=1S/C14H14O2/c1-11(10-13-8-5-9-16-13)14(15)12-6-3-2-4-7-12/h2-9,11H,10H2,1H3. The van der Waals surface area contributed by atoms with Gasteiger partial charge in [0.05, 0.1) is 6.26 Å². The summed E-state index contributed by atoms with van der Waals surface area (Å²) >= 11 is 0.